The minimum Gasteiger partial charge on any atom is -0.249 e. The van der Waals surface area contributed by atoms with E-state index in [0.717, 1.165) is 21.2 Å². The van der Waals surface area contributed by atoms with Crippen molar-refractivity contribution in [3.05, 3.63) is 22.8 Å². The first-order chi connectivity index (χ1) is 6.22. The molecule has 1 rings (SSSR count). The van der Waals surface area contributed by atoms with Crippen LogP contribution in [0.2, 0.25) is 0 Å². The molecule has 0 aliphatic rings. The summed E-state index contributed by atoms with van der Waals surface area (Å²) in [4.78, 5) is 4.30. The summed E-state index contributed by atoms with van der Waals surface area (Å²) >= 11 is 5.20. The van der Waals surface area contributed by atoms with Crippen LogP contribution < -0.4 is 0 Å². The van der Waals surface area contributed by atoms with Crippen molar-refractivity contribution in [1.29, 1.82) is 0 Å². The zero-order chi connectivity index (χ0) is 9.68. The number of hydrogen-bond acceptors (Lipinski definition) is 2. The van der Waals surface area contributed by atoms with Crippen molar-refractivity contribution in [3.8, 4) is 0 Å². The van der Waals surface area contributed by atoms with Crippen LogP contribution in [0, 0.1) is 5.92 Å². The van der Waals surface area contributed by atoms with Crippen LogP contribution in [0.5, 0.6) is 0 Å². The average molecular weight is 260 g/mol. The maximum Gasteiger partial charge on any atom is 0.0960 e. The van der Waals surface area contributed by atoms with Gasteiger partial charge in [-0.2, -0.15) is 0 Å². The Morgan fingerprint density at radius 1 is 1.54 bits per heavy atom. The molecule has 72 valence electrons. The number of halogens is 1. The zero-order valence-corrected chi connectivity index (χ0v) is 10.4. The van der Waals surface area contributed by atoms with Crippen molar-refractivity contribution in [2.24, 2.45) is 5.92 Å². The predicted molar refractivity (Wildman–Crippen MR) is 62.1 cm³/mol. The van der Waals surface area contributed by atoms with Crippen LogP contribution in [0.15, 0.2) is 27.8 Å². The van der Waals surface area contributed by atoms with E-state index >= 15 is 0 Å². The van der Waals surface area contributed by atoms with E-state index in [1.807, 2.05) is 24.0 Å². The molecular weight excluding hydrogens is 246 g/mol. The largest absolute Gasteiger partial charge is 0.249 e. The molecule has 0 spiro atoms. The topological polar surface area (TPSA) is 12.9 Å². The normalized spacial score (nSPS) is 12.8. The Labute approximate surface area is 92.5 Å². The van der Waals surface area contributed by atoms with E-state index in [2.05, 4.69) is 40.8 Å². The zero-order valence-electron chi connectivity index (χ0n) is 7.96. The quantitative estimate of drug-likeness (QED) is 0.759. The van der Waals surface area contributed by atoms with Crippen LogP contribution >= 0.6 is 27.7 Å². The van der Waals surface area contributed by atoms with Gasteiger partial charge in [-0.15, -0.1) is 11.8 Å². The first-order valence-electron chi connectivity index (χ1n) is 4.46. The third-order valence-corrected chi connectivity index (χ3v) is 3.65. The number of pyridine rings is 1. The van der Waals surface area contributed by atoms with E-state index in [1.54, 1.807) is 0 Å². The van der Waals surface area contributed by atoms with Crippen molar-refractivity contribution in [1.82, 2.24) is 4.98 Å². The molecule has 0 radical (unpaired) electrons. The third-order valence-electron chi connectivity index (χ3n) is 1.91. The standard InChI is InChI=1S/C10H14BrNS/c1-3-8(2)7-13-10-5-4-9(11)6-12-10/h4-6,8H,3,7H2,1-2H3. The van der Waals surface area contributed by atoms with Gasteiger partial charge in [0.25, 0.3) is 0 Å². The Kier molecular flexibility index (Phi) is 4.81. The molecule has 1 unspecified atom stereocenters. The minimum absolute atomic E-state index is 0.774. The first-order valence-corrected chi connectivity index (χ1v) is 6.24. The fourth-order valence-electron chi connectivity index (χ4n) is 0.793. The maximum absolute atomic E-state index is 4.30. The third kappa shape index (κ3) is 4.14. The molecule has 0 saturated heterocycles. The van der Waals surface area contributed by atoms with E-state index in [4.69, 9.17) is 0 Å². The second-order valence-electron chi connectivity index (χ2n) is 3.14. The maximum atomic E-state index is 4.30. The predicted octanol–water partition coefficient (Wildman–Crippen LogP) is 3.98. The molecular formula is C10H14BrNS. The Morgan fingerprint density at radius 2 is 2.31 bits per heavy atom. The van der Waals surface area contributed by atoms with Gasteiger partial charge >= 0.3 is 0 Å². The van der Waals surface area contributed by atoms with Crippen molar-refractivity contribution < 1.29 is 0 Å². The molecule has 0 N–H and O–H groups in total. The van der Waals surface area contributed by atoms with E-state index in [9.17, 15) is 0 Å². The molecule has 1 aromatic rings. The van der Waals surface area contributed by atoms with Crippen molar-refractivity contribution in [2.75, 3.05) is 5.75 Å². The molecule has 1 atom stereocenters. The lowest BCUT2D eigenvalue weighted by molar-refractivity contribution is 0.636. The molecule has 13 heavy (non-hydrogen) atoms. The summed E-state index contributed by atoms with van der Waals surface area (Å²) in [6.45, 7) is 4.49. The van der Waals surface area contributed by atoms with E-state index in [-0.39, 0.29) is 0 Å². The van der Waals surface area contributed by atoms with Gasteiger partial charge in [0, 0.05) is 16.4 Å². The van der Waals surface area contributed by atoms with Gasteiger partial charge in [0.1, 0.15) is 0 Å². The number of thioether (sulfide) groups is 1. The Morgan fingerprint density at radius 3 is 2.85 bits per heavy atom. The first kappa shape index (κ1) is 11.1. The lowest BCUT2D eigenvalue weighted by Gasteiger charge is -2.06. The highest BCUT2D eigenvalue weighted by molar-refractivity contribution is 9.10. The monoisotopic (exact) mass is 259 g/mol. The molecule has 0 saturated carbocycles. The van der Waals surface area contributed by atoms with E-state index in [1.165, 1.54) is 6.42 Å². The van der Waals surface area contributed by atoms with Crippen LogP contribution in [-0.4, -0.2) is 10.7 Å². The highest BCUT2D eigenvalue weighted by Crippen LogP contribution is 2.20. The Hall–Kier alpha value is -0.0200. The average Bonchev–Trinajstić information content (AvgIpc) is 2.16. The molecule has 3 heteroatoms. The van der Waals surface area contributed by atoms with Crippen LogP contribution in [0.25, 0.3) is 0 Å². The molecule has 0 aromatic carbocycles. The number of nitrogens with zero attached hydrogens (tertiary/aromatic N) is 1. The molecule has 1 heterocycles. The van der Waals surface area contributed by atoms with Crippen LogP contribution in [0.3, 0.4) is 0 Å². The van der Waals surface area contributed by atoms with Gasteiger partial charge in [0.05, 0.1) is 5.03 Å². The smallest absolute Gasteiger partial charge is 0.0960 e. The van der Waals surface area contributed by atoms with Gasteiger partial charge in [-0.3, -0.25) is 0 Å². The summed E-state index contributed by atoms with van der Waals surface area (Å²) in [6.07, 6.45) is 3.09. The molecule has 0 aliphatic carbocycles. The summed E-state index contributed by atoms with van der Waals surface area (Å²) in [6, 6.07) is 4.09. The lowest BCUT2D eigenvalue weighted by atomic mass is 10.2. The Bertz CT molecular complexity index is 248. The molecule has 1 aromatic heterocycles. The highest BCUT2D eigenvalue weighted by atomic mass is 79.9. The summed E-state index contributed by atoms with van der Waals surface area (Å²) < 4.78 is 1.04. The number of hydrogen-bond donors (Lipinski definition) is 0. The van der Waals surface area contributed by atoms with Crippen LogP contribution in [0.4, 0.5) is 0 Å². The van der Waals surface area contributed by atoms with Crippen LogP contribution in [-0.2, 0) is 0 Å². The molecule has 0 amide bonds. The van der Waals surface area contributed by atoms with E-state index in [0.29, 0.717) is 0 Å². The minimum atomic E-state index is 0.774. The molecule has 0 fully saturated rings. The van der Waals surface area contributed by atoms with Crippen LogP contribution in [0.1, 0.15) is 20.3 Å². The number of aromatic nitrogens is 1. The van der Waals surface area contributed by atoms with Gasteiger partial charge in [-0.25, -0.2) is 4.98 Å². The molecule has 0 bridgehead atoms. The fourth-order valence-corrected chi connectivity index (χ4v) is 2.01. The second kappa shape index (κ2) is 5.66. The molecule has 0 aliphatic heterocycles. The van der Waals surface area contributed by atoms with Crippen molar-refractivity contribution in [3.63, 3.8) is 0 Å². The highest BCUT2D eigenvalue weighted by Gasteiger charge is 2.00. The van der Waals surface area contributed by atoms with E-state index < -0.39 is 0 Å². The summed E-state index contributed by atoms with van der Waals surface area (Å²) in [5, 5.41) is 1.11. The number of rotatable bonds is 4. The van der Waals surface area contributed by atoms with Gasteiger partial charge in [0.15, 0.2) is 0 Å². The van der Waals surface area contributed by atoms with Gasteiger partial charge in [0.2, 0.25) is 0 Å². The fraction of sp³-hybridized carbons (Fsp3) is 0.500. The van der Waals surface area contributed by atoms with Gasteiger partial charge in [-0.1, -0.05) is 20.3 Å². The van der Waals surface area contributed by atoms with Crippen molar-refractivity contribution >= 4 is 27.7 Å². The summed E-state index contributed by atoms with van der Waals surface area (Å²) in [7, 11) is 0. The van der Waals surface area contributed by atoms with Gasteiger partial charge < -0.3 is 0 Å². The summed E-state index contributed by atoms with van der Waals surface area (Å²) in [5.41, 5.74) is 0. The van der Waals surface area contributed by atoms with Gasteiger partial charge in [-0.05, 0) is 34.0 Å². The Balaban J connectivity index is 2.41. The van der Waals surface area contributed by atoms with Crippen molar-refractivity contribution in [2.45, 2.75) is 25.3 Å². The molecule has 1 nitrogen and oxygen atoms in total. The lowest BCUT2D eigenvalue weighted by Crippen LogP contribution is -1.95. The SMILES string of the molecule is CCC(C)CSc1ccc(Br)cn1. The summed E-state index contributed by atoms with van der Waals surface area (Å²) in [5.74, 6) is 1.93. The second-order valence-corrected chi connectivity index (χ2v) is 5.10.